The molecule has 71 valence electrons. The molecule has 0 N–H and O–H groups in total. The summed E-state index contributed by atoms with van der Waals surface area (Å²) in [6, 6.07) is 4.90. The van der Waals surface area contributed by atoms with E-state index in [1.807, 2.05) is 0 Å². The highest BCUT2D eigenvalue weighted by atomic mass is 35.5. The average molecular weight is 229 g/mol. The van der Waals surface area contributed by atoms with Crippen molar-refractivity contribution in [1.29, 1.82) is 0 Å². The Hall–Kier alpha value is -1.19. The van der Waals surface area contributed by atoms with E-state index in [2.05, 4.69) is 11.4 Å². The number of benzene rings is 1. The molecule has 0 aliphatic heterocycles. The number of hydrogen-bond donors (Lipinski definition) is 0. The summed E-state index contributed by atoms with van der Waals surface area (Å²) in [4.78, 5) is 3.58. The van der Waals surface area contributed by atoms with Crippen LogP contribution in [-0.4, -0.2) is 4.98 Å². The van der Waals surface area contributed by atoms with Crippen molar-refractivity contribution in [3.63, 3.8) is 0 Å². The van der Waals surface area contributed by atoms with Crippen LogP contribution in [0.15, 0.2) is 28.8 Å². The third kappa shape index (κ3) is 2.00. The fourth-order valence-electron chi connectivity index (χ4n) is 0.890. The van der Waals surface area contributed by atoms with Gasteiger partial charge in [0.25, 0.3) is 6.39 Å². The molecule has 1 heterocycles. The first-order chi connectivity index (χ1) is 6.75. The zero-order chi connectivity index (χ0) is 9.97. The molecule has 0 unspecified atom stereocenters. The summed E-state index contributed by atoms with van der Waals surface area (Å²) >= 11 is 11.6. The molecule has 0 spiro atoms. The smallest absolute Gasteiger partial charge is 0.311 e. The SMILES string of the molecule is Clc1ccc(Oc2cn[c]o2)c(Cl)c1. The molecule has 0 saturated carbocycles. The Morgan fingerprint density at radius 2 is 2.21 bits per heavy atom. The van der Waals surface area contributed by atoms with Crippen molar-refractivity contribution in [2.24, 2.45) is 0 Å². The lowest BCUT2D eigenvalue weighted by molar-refractivity contribution is 0.343. The first-order valence-electron chi connectivity index (χ1n) is 3.70. The molecule has 1 aromatic carbocycles. The molecule has 0 aliphatic carbocycles. The molecular formula is C9H4Cl2NO2. The quantitative estimate of drug-likeness (QED) is 0.789. The van der Waals surface area contributed by atoms with E-state index in [1.54, 1.807) is 18.2 Å². The maximum atomic E-state index is 5.86. The number of aromatic nitrogens is 1. The van der Waals surface area contributed by atoms with E-state index in [1.165, 1.54) is 6.20 Å². The van der Waals surface area contributed by atoms with Gasteiger partial charge in [0.05, 0.1) is 5.02 Å². The van der Waals surface area contributed by atoms with Gasteiger partial charge in [-0.1, -0.05) is 23.2 Å². The highest BCUT2D eigenvalue weighted by Gasteiger charge is 2.05. The second-order valence-electron chi connectivity index (χ2n) is 2.45. The van der Waals surface area contributed by atoms with Gasteiger partial charge in [-0.15, -0.1) is 0 Å². The first kappa shape index (κ1) is 9.37. The number of ether oxygens (including phenoxy) is 1. The summed E-state index contributed by atoms with van der Waals surface area (Å²) in [7, 11) is 0. The highest BCUT2D eigenvalue weighted by Crippen LogP contribution is 2.31. The molecule has 0 atom stereocenters. The van der Waals surface area contributed by atoms with Crippen LogP contribution >= 0.6 is 23.2 Å². The van der Waals surface area contributed by atoms with Crippen LogP contribution in [0.3, 0.4) is 0 Å². The normalized spacial score (nSPS) is 10.1. The summed E-state index contributed by atoms with van der Waals surface area (Å²) in [5.41, 5.74) is 0. The molecule has 0 amide bonds. The Kier molecular flexibility index (Phi) is 2.61. The largest absolute Gasteiger partial charge is 0.423 e. The van der Waals surface area contributed by atoms with Gasteiger partial charge in [-0.3, -0.25) is 0 Å². The molecule has 2 aromatic rings. The average Bonchev–Trinajstić information content (AvgIpc) is 2.62. The van der Waals surface area contributed by atoms with Crippen molar-refractivity contribution >= 4 is 23.2 Å². The summed E-state index contributed by atoms with van der Waals surface area (Å²) in [5.74, 6) is 0.690. The van der Waals surface area contributed by atoms with Crippen molar-refractivity contribution in [1.82, 2.24) is 4.98 Å². The summed E-state index contributed by atoms with van der Waals surface area (Å²) in [5, 5.41) is 0.959. The van der Waals surface area contributed by atoms with Crippen LogP contribution in [0, 0.1) is 6.39 Å². The van der Waals surface area contributed by atoms with Gasteiger partial charge < -0.3 is 9.15 Å². The molecule has 5 heteroatoms. The van der Waals surface area contributed by atoms with E-state index < -0.39 is 0 Å². The Morgan fingerprint density at radius 3 is 2.86 bits per heavy atom. The number of nitrogens with zero attached hydrogens (tertiary/aromatic N) is 1. The number of halogens is 2. The van der Waals surface area contributed by atoms with Crippen LogP contribution < -0.4 is 4.74 Å². The molecule has 2 rings (SSSR count). The predicted molar refractivity (Wildman–Crippen MR) is 51.9 cm³/mol. The molecular weight excluding hydrogens is 225 g/mol. The molecule has 0 aliphatic rings. The van der Waals surface area contributed by atoms with Crippen molar-refractivity contribution < 1.29 is 9.15 Å². The van der Waals surface area contributed by atoms with Gasteiger partial charge in [0.1, 0.15) is 11.9 Å². The van der Waals surface area contributed by atoms with Gasteiger partial charge >= 0.3 is 5.95 Å². The van der Waals surface area contributed by atoms with E-state index in [0.29, 0.717) is 15.8 Å². The van der Waals surface area contributed by atoms with E-state index in [9.17, 15) is 0 Å². The molecule has 3 nitrogen and oxygen atoms in total. The molecule has 0 fully saturated rings. The standard InChI is InChI=1S/C9H4Cl2NO2/c10-6-1-2-8(7(11)3-6)14-9-4-12-5-13-9/h1-4H. The summed E-state index contributed by atoms with van der Waals surface area (Å²) in [6.07, 6.45) is 3.66. The molecule has 0 bridgehead atoms. The van der Waals surface area contributed by atoms with Crippen molar-refractivity contribution in [2.75, 3.05) is 0 Å². The van der Waals surface area contributed by atoms with E-state index in [-0.39, 0.29) is 5.95 Å². The van der Waals surface area contributed by atoms with Gasteiger partial charge in [0.15, 0.2) is 0 Å². The van der Waals surface area contributed by atoms with Crippen LogP contribution in [0.1, 0.15) is 0 Å². The van der Waals surface area contributed by atoms with Crippen molar-refractivity contribution in [3.8, 4) is 11.7 Å². The van der Waals surface area contributed by atoms with Crippen molar-refractivity contribution in [3.05, 3.63) is 40.8 Å². The second kappa shape index (κ2) is 3.90. The third-order valence-corrected chi connectivity index (χ3v) is 2.00. The van der Waals surface area contributed by atoms with Gasteiger partial charge in [0, 0.05) is 5.02 Å². The van der Waals surface area contributed by atoms with Gasteiger partial charge in [-0.25, -0.2) is 4.98 Å². The van der Waals surface area contributed by atoms with Crippen LogP contribution in [0.25, 0.3) is 0 Å². The van der Waals surface area contributed by atoms with Crippen LogP contribution in [-0.2, 0) is 0 Å². The van der Waals surface area contributed by atoms with E-state index >= 15 is 0 Å². The van der Waals surface area contributed by atoms with Crippen LogP contribution in [0.4, 0.5) is 0 Å². The lowest BCUT2D eigenvalue weighted by Crippen LogP contribution is -1.82. The highest BCUT2D eigenvalue weighted by molar-refractivity contribution is 6.35. The Morgan fingerprint density at radius 1 is 1.36 bits per heavy atom. The molecule has 14 heavy (non-hydrogen) atoms. The van der Waals surface area contributed by atoms with E-state index in [0.717, 1.165) is 0 Å². The first-order valence-corrected chi connectivity index (χ1v) is 4.46. The minimum atomic E-state index is 0.231. The summed E-state index contributed by atoms with van der Waals surface area (Å²) < 4.78 is 10.0. The van der Waals surface area contributed by atoms with Gasteiger partial charge in [-0.2, -0.15) is 0 Å². The minimum absolute atomic E-state index is 0.231. The fraction of sp³-hybridized carbons (Fsp3) is 0. The fourth-order valence-corrected chi connectivity index (χ4v) is 1.34. The molecule has 0 saturated heterocycles. The maximum absolute atomic E-state index is 5.86. The monoisotopic (exact) mass is 228 g/mol. The van der Waals surface area contributed by atoms with Crippen LogP contribution in [0.5, 0.6) is 11.7 Å². The number of hydrogen-bond acceptors (Lipinski definition) is 3. The zero-order valence-electron chi connectivity index (χ0n) is 6.83. The Balaban J connectivity index is 2.25. The van der Waals surface area contributed by atoms with Crippen LogP contribution in [0.2, 0.25) is 10.0 Å². The topological polar surface area (TPSA) is 35.3 Å². The van der Waals surface area contributed by atoms with Gasteiger partial charge in [-0.05, 0) is 18.2 Å². The third-order valence-electron chi connectivity index (χ3n) is 1.47. The predicted octanol–water partition coefficient (Wildman–Crippen LogP) is 3.57. The Labute approximate surface area is 90.2 Å². The molecule has 1 radical (unpaired) electrons. The zero-order valence-corrected chi connectivity index (χ0v) is 8.34. The summed E-state index contributed by atoms with van der Waals surface area (Å²) in [6.45, 7) is 0. The lowest BCUT2D eigenvalue weighted by atomic mass is 10.3. The Bertz CT molecular complexity index is 428. The number of oxazole rings is 1. The maximum Gasteiger partial charge on any atom is 0.311 e. The lowest BCUT2D eigenvalue weighted by Gasteiger charge is -2.03. The van der Waals surface area contributed by atoms with Gasteiger partial charge in [0.2, 0.25) is 0 Å². The minimum Gasteiger partial charge on any atom is -0.423 e. The second-order valence-corrected chi connectivity index (χ2v) is 3.29. The van der Waals surface area contributed by atoms with Crippen molar-refractivity contribution in [2.45, 2.75) is 0 Å². The van der Waals surface area contributed by atoms with E-state index in [4.69, 9.17) is 32.4 Å². The number of rotatable bonds is 2. The molecule has 1 aromatic heterocycles.